The minimum absolute atomic E-state index is 0.0591. The Morgan fingerprint density at radius 2 is 1.43 bits per heavy atom. The van der Waals surface area contributed by atoms with Crippen LogP contribution in [0.4, 0.5) is 4.39 Å². The molecule has 9 heteroatoms. The number of pyridine rings is 1. The Hall–Kier alpha value is -3.33. The molecule has 2 aromatic rings. The van der Waals surface area contributed by atoms with E-state index in [-0.39, 0.29) is 11.7 Å². The van der Waals surface area contributed by atoms with Crippen LogP contribution in [0, 0.1) is 5.82 Å². The molecule has 1 fully saturated rings. The van der Waals surface area contributed by atoms with Gasteiger partial charge in [-0.3, -0.25) is 14.7 Å². The minimum atomic E-state index is -1.82. The lowest BCUT2D eigenvalue weighted by Crippen LogP contribution is -2.48. The van der Waals surface area contributed by atoms with Crippen molar-refractivity contribution in [2.75, 3.05) is 26.2 Å². The topological polar surface area (TPSA) is 111 Å². The molecule has 148 valence electrons. The average molecular weight is 389 g/mol. The molecule has 0 unspecified atom stereocenters. The number of hydrogen-bond acceptors (Lipinski definition) is 5. The zero-order chi connectivity index (χ0) is 20.5. The van der Waals surface area contributed by atoms with E-state index in [1.165, 1.54) is 12.1 Å². The van der Waals surface area contributed by atoms with E-state index in [1.54, 1.807) is 24.5 Å². The van der Waals surface area contributed by atoms with Crippen molar-refractivity contribution >= 4 is 17.8 Å². The Bertz CT molecular complexity index is 794. The van der Waals surface area contributed by atoms with E-state index < -0.39 is 11.9 Å². The molecule has 1 saturated heterocycles. The van der Waals surface area contributed by atoms with Gasteiger partial charge in [0.05, 0.1) is 0 Å². The summed E-state index contributed by atoms with van der Waals surface area (Å²) < 4.78 is 12.9. The number of aromatic nitrogens is 1. The van der Waals surface area contributed by atoms with Gasteiger partial charge in [0.1, 0.15) is 5.82 Å². The summed E-state index contributed by atoms with van der Waals surface area (Å²) >= 11 is 0. The first kappa shape index (κ1) is 21.0. The van der Waals surface area contributed by atoms with E-state index >= 15 is 0 Å². The Labute approximate surface area is 160 Å². The van der Waals surface area contributed by atoms with Gasteiger partial charge in [-0.1, -0.05) is 12.1 Å². The van der Waals surface area contributed by atoms with Gasteiger partial charge in [0.25, 0.3) is 5.91 Å². The molecule has 1 aliphatic rings. The summed E-state index contributed by atoms with van der Waals surface area (Å²) in [7, 11) is 0. The zero-order valence-corrected chi connectivity index (χ0v) is 15.0. The van der Waals surface area contributed by atoms with Gasteiger partial charge in [0, 0.05) is 50.7 Å². The number of amides is 1. The molecule has 8 nitrogen and oxygen atoms in total. The summed E-state index contributed by atoms with van der Waals surface area (Å²) in [6.45, 7) is 3.87. The molecule has 28 heavy (non-hydrogen) atoms. The molecule has 1 aromatic heterocycles. The van der Waals surface area contributed by atoms with Gasteiger partial charge < -0.3 is 15.1 Å². The van der Waals surface area contributed by atoms with Crippen molar-refractivity contribution in [1.82, 2.24) is 14.8 Å². The van der Waals surface area contributed by atoms with E-state index in [1.807, 2.05) is 17.0 Å². The van der Waals surface area contributed by atoms with Crippen LogP contribution in [0.25, 0.3) is 0 Å². The Morgan fingerprint density at radius 1 is 0.893 bits per heavy atom. The number of hydrogen-bond donors (Lipinski definition) is 2. The molecule has 0 radical (unpaired) electrons. The second-order valence-corrected chi connectivity index (χ2v) is 6.04. The fourth-order valence-corrected chi connectivity index (χ4v) is 2.63. The number of carboxylic acid groups (broad SMARTS) is 2. The van der Waals surface area contributed by atoms with Crippen LogP contribution in [0.5, 0.6) is 0 Å². The third-order valence-corrected chi connectivity index (χ3v) is 4.09. The predicted molar refractivity (Wildman–Crippen MR) is 97.1 cm³/mol. The fourth-order valence-electron chi connectivity index (χ4n) is 2.63. The summed E-state index contributed by atoms with van der Waals surface area (Å²) in [5.74, 6) is -3.80. The summed E-state index contributed by atoms with van der Waals surface area (Å²) in [5.41, 5.74) is 1.78. The predicted octanol–water partition coefficient (Wildman–Crippen LogP) is 1.33. The summed E-state index contributed by atoms with van der Waals surface area (Å²) in [4.78, 5) is 38.6. The lowest BCUT2D eigenvalue weighted by atomic mass is 10.1. The van der Waals surface area contributed by atoms with Crippen molar-refractivity contribution in [3.63, 3.8) is 0 Å². The van der Waals surface area contributed by atoms with E-state index in [0.717, 1.165) is 25.2 Å². The molecule has 0 saturated carbocycles. The third-order valence-electron chi connectivity index (χ3n) is 4.09. The maximum absolute atomic E-state index is 12.9. The largest absolute Gasteiger partial charge is 0.473 e. The monoisotopic (exact) mass is 389 g/mol. The van der Waals surface area contributed by atoms with E-state index in [4.69, 9.17) is 19.8 Å². The van der Waals surface area contributed by atoms with Crippen molar-refractivity contribution in [2.24, 2.45) is 0 Å². The quantitative estimate of drug-likeness (QED) is 0.762. The lowest BCUT2D eigenvalue weighted by Gasteiger charge is -2.34. The van der Waals surface area contributed by atoms with Crippen molar-refractivity contribution in [2.45, 2.75) is 6.54 Å². The minimum Gasteiger partial charge on any atom is -0.473 e. The maximum Gasteiger partial charge on any atom is 0.414 e. The Balaban J connectivity index is 0.000000409. The van der Waals surface area contributed by atoms with Crippen molar-refractivity contribution < 1.29 is 29.0 Å². The fraction of sp³-hybridized carbons (Fsp3) is 0.263. The first-order valence-electron chi connectivity index (χ1n) is 8.49. The molecule has 1 aromatic carbocycles. The van der Waals surface area contributed by atoms with Crippen LogP contribution in [-0.4, -0.2) is 69.0 Å². The highest BCUT2D eigenvalue weighted by molar-refractivity contribution is 6.27. The smallest absolute Gasteiger partial charge is 0.414 e. The molecule has 0 aliphatic carbocycles. The number of carbonyl (C=O) groups is 3. The first-order valence-corrected chi connectivity index (χ1v) is 8.49. The van der Waals surface area contributed by atoms with Gasteiger partial charge in [0.15, 0.2) is 0 Å². The Kier molecular flexibility index (Phi) is 7.58. The van der Waals surface area contributed by atoms with Gasteiger partial charge in [0.2, 0.25) is 0 Å². The van der Waals surface area contributed by atoms with Gasteiger partial charge in [-0.2, -0.15) is 0 Å². The number of nitrogens with zero attached hydrogens (tertiary/aromatic N) is 3. The van der Waals surface area contributed by atoms with E-state index in [2.05, 4.69) is 9.88 Å². The molecule has 1 amide bonds. The van der Waals surface area contributed by atoms with Gasteiger partial charge in [-0.25, -0.2) is 14.0 Å². The normalized spacial score (nSPS) is 14.0. The van der Waals surface area contributed by atoms with Crippen LogP contribution in [0.1, 0.15) is 15.9 Å². The van der Waals surface area contributed by atoms with Gasteiger partial charge in [-0.05, 0) is 29.8 Å². The Morgan fingerprint density at radius 3 is 1.93 bits per heavy atom. The molecule has 0 spiro atoms. The maximum atomic E-state index is 12.9. The van der Waals surface area contributed by atoms with Gasteiger partial charge >= 0.3 is 11.9 Å². The number of carbonyl (C=O) groups excluding carboxylic acids is 1. The number of carboxylic acids is 2. The van der Waals surface area contributed by atoms with E-state index in [9.17, 15) is 9.18 Å². The lowest BCUT2D eigenvalue weighted by molar-refractivity contribution is -0.159. The first-order chi connectivity index (χ1) is 13.4. The van der Waals surface area contributed by atoms with Crippen LogP contribution >= 0.6 is 0 Å². The SMILES string of the molecule is O=C(O)C(=O)O.O=C(c1ccncc1)N1CCN(Cc2ccc(F)cc2)CC1. The number of rotatable bonds is 3. The standard InChI is InChI=1S/C17H18FN3O.C2H2O4/c18-16-3-1-14(2-4-16)13-20-9-11-21(12-10-20)17(22)15-5-7-19-8-6-15;3-1(4)2(5)6/h1-8H,9-13H2;(H,3,4)(H,5,6). The number of aliphatic carboxylic acids is 2. The van der Waals surface area contributed by atoms with Crippen LogP contribution < -0.4 is 0 Å². The number of benzene rings is 1. The molecule has 0 bridgehead atoms. The zero-order valence-electron chi connectivity index (χ0n) is 15.0. The highest BCUT2D eigenvalue weighted by atomic mass is 19.1. The average Bonchev–Trinajstić information content (AvgIpc) is 2.71. The highest BCUT2D eigenvalue weighted by Crippen LogP contribution is 2.12. The molecule has 2 heterocycles. The number of halogens is 1. The van der Waals surface area contributed by atoms with Crippen LogP contribution in [0.15, 0.2) is 48.8 Å². The molecule has 3 rings (SSSR count). The van der Waals surface area contributed by atoms with Gasteiger partial charge in [-0.15, -0.1) is 0 Å². The van der Waals surface area contributed by atoms with Crippen LogP contribution in [-0.2, 0) is 16.1 Å². The number of piperazine rings is 1. The molecule has 1 aliphatic heterocycles. The van der Waals surface area contributed by atoms with Crippen molar-refractivity contribution in [3.05, 3.63) is 65.7 Å². The summed E-state index contributed by atoms with van der Waals surface area (Å²) in [6, 6.07) is 10.1. The molecule has 2 N–H and O–H groups in total. The molecule has 0 atom stereocenters. The van der Waals surface area contributed by atoms with Crippen molar-refractivity contribution in [1.29, 1.82) is 0 Å². The van der Waals surface area contributed by atoms with Crippen molar-refractivity contribution in [3.8, 4) is 0 Å². The molecular weight excluding hydrogens is 369 g/mol. The second kappa shape index (κ2) is 10.1. The third kappa shape index (κ3) is 6.44. The summed E-state index contributed by atoms with van der Waals surface area (Å²) in [6.07, 6.45) is 3.27. The van der Waals surface area contributed by atoms with Crippen LogP contribution in [0.3, 0.4) is 0 Å². The van der Waals surface area contributed by atoms with E-state index in [0.29, 0.717) is 18.7 Å². The summed E-state index contributed by atoms with van der Waals surface area (Å²) in [5, 5.41) is 14.8. The van der Waals surface area contributed by atoms with Crippen LogP contribution in [0.2, 0.25) is 0 Å². The highest BCUT2D eigenvalue weighted by Gasteiger charge is 2.22. The molecular formula is C19H20FN3O5. The second-order valence-electron chi connectivity index (χ2n) is 6.04.